The predicted molar refractivity (Wildman–Crippen MR) is 125 cm³/mol. The van der Waals surface area contributed by atoms with Crippen molar-refractivity contribution in [1.29, 1.82) is 0 Å². The molecule has 0 aliphatic carbocycles. The Morgan fingerprint density at radius 2 is 1.67 bits per heavy atom. The summed E-state index contributed by atoms with van der Waals surface area (Å²) in [4.78, 5) is 13.2. The third kappa shape index (κ3) is 5.27. The van der Waals surface area contributed by atoms with E-state index < -0.39 is 0 Å². The van der Waals surface area contributed by atoms with Crippen LogP contribution in [0.1, 0.15) is 16.1 Å². The first-order valence-corrected chi connectivity index (χ1v) is 10.5. The summed E-state index contributed by atoms with van der Waals surface area (Å²) in [5, 5.41) is 3.72. The van der Waals surface area contributed by atoms with Gasteiger partial charge in [0.2, 0.25) is 0 Å². The van der Waals surface area contributed by atoms with E-state index in [1.54, 1.807) is 32.4 Å². The standard InChI is InChI=1S/C26H25NO6/c1-29-14-15-31-24-16-18(12-13-23(24)30-2)27-26(28)25-21(17-32-19-8-4-3-5-9-19)20-10-6-7-11-22(20)33-25/h3-13,16H,14-15,17H2,1-2H3,(H,27,28). The number of hydrogen-bond donors (Lipinski definition) is 1. The quantitative estimate of drug-likeness (QED) is 0.333. The van der Waals surface area contributed by atoms with Crippen LogP contribution in [0.3, 0.4) is 0 Å². The predicted octanol–water partition coefficient (Wildman–Crippen LogP) is 5.30. The first kappa shape index (κ1) is 22.2. The number of anilines is 1. The highest BCUT2D eigenvalue weighted by atomic mass is 16.5. The molecule has 7 heteroatoms. The number of carbonyl (C=O) groups is 1. The van der Waals surface area contributed by atoms with E-state index >= 15 is 0 Å². The number of benzene rings is 3. The largest absolute Gasteiger partial charge is 0.493 e. The lowest BCUT2D eigenvalue weighted by molar-refractivity contribution is 0.0995. The maximum atomic E-state index is 13.2. The highest BCUT2D eigenvalue weighted by molar-refractivity contribution is 6.06. The van der Waals surface area contributed by atoms with Gasteiger partial charge in [0, 0.05) is 29.8 Å². The Labute approximate surface area is 191 Å². The Balaban J connectivity index is 1.58. The molecule has 0 unspecified atom stereocenters. The van der Waals surface area contributed by atoms with E-state index in [1.165, 1.54) is 0 Å². The molecule has 1 heterocycles. The van der Waals surface area contributed by atoms with Crippen molar-refractivity contribution >= 4 is 22.6 Å². The molecule has 33 heavy (non-hydrogen) atoms. The number of fused-ring (bicyclic) bond motifs is 1. The summed E-state index contributed by atoms with van der Waals surface area (Å²) in [6.45, 7) is 0.982. The van der Waals surface area contributed by atoms with Crippen LogP contribution in [0.4, 0.5) is 5.69 Å². The van der Waals surface area contributed by atoms with Crippen LogP contribution in [0.15, 0.2) is 77.2 Å². The van der Waals surface area contributed by atoms with Gasteiger partial charge in [-0.25, -0.2) is 0 Å². The molecule has 0 aliphatic rings. The average molecular weight is 447 g/mol. The van der Waals surface area contributed by atoms with E-state index in [-0.39, 0.29) is 18.3 Å². The minimum atomic E-state index is -0.383. The van der Waals surface area contributed by atoms with Crippen molar-refractivity contribution in [2.45, 2.75) is 6.61 Å². The van der Waals surface area contributed by atoms with Crippen molar-refractivity contribution in [3.63, 3.8) is 0 Å². The van der Waals surface area contributed by atoms with Crippen LogP contribution in [0.2, 0.25) is 0 Å². The SMILES string of the molecule is COCCOc1cc(NC(=O)c2oc3ccccc3c2COc2ccccc2)ccc1OC. The fourth-order valence-corrected chi connectivity index (χ4v) is 3.39. The molecule has 1 amide bonds. The van der Waals surface area contributed by atoms with Crippen molar-refractivity contribution < 1.29 is 28.2 Å². The van der Waals surface area contributed by atoms with E-state index in [2.05, 4.69) is 5.32 Å². The highest BCUT2D eigenvalue weighted by Gasteiger charge is 2.21. The van der Waals surface area contributed by atoms with Crippen molar-refractivity contribution in [3.8, 4) is 17.2 Å². The number of ether oxygens (including phenoxy) is 4. The Kier molecular flexibility index (Phi) is 7.12. The minimum absolute atomic E-state index is 0.192. The monoisotopic (exact) mass is 447 g/mol. The van der Waals surface area contributed by atoms with Crippen molar-refractivity contribution in [2.24, 2.45) is 0 Å². The van der Waals surface area contributed by atoms with Gasteiger partial charge < -0.3 is 28.7 Å². The van der Waals surface area contributed by atoms with Crippen LogP contribution in [0, 0.1) is 0 Å². The highest BCUT2D eigenvalue weighted by Crippen LogP contribution is 2.32. The van der Waals surface area contributed by atoms with Gasteiger partial charge in [0.1, 0.15) is 24.5 Å². The molecule has 0 spiro atoms. The fraction of sp³-hybridized carbons (Fsp3) is 0.192. The smallest absolute Gasteiger partial charge is 0.291 e. The zero-order valence-electron chi connectivity index (χ0n) is 18.5. The van der Waals surface area contributed by atoms with Gasteiger partial charge >= 0.3 is 0 Å². The van der Waals surface area contributed by atoms with E-state index in [0.29, 0.717) is 47.3 Å². The number of furan rings is 1. The molecular formula is C26H25NO6. The second-order valence-corrected chi connectivity index (χ2v) is 7.17. The number of methoxy groups -OCH3 is 2. The number of carbonyl (C=O) groups excluding carboxylic acids is 1. The van der Waals surface area contributed by atoms with E-state index in [4.69, 9.17) is 23.4 Å². The van der Waals surface area contributed by atoms with Crippen molar-refractivity contribution in [2.75, 3.05) is 32.8 Å². The van der Waals surface area contributed by atoms with Crippen LogP contribution in [-0.2, 0) is 11.3 Å². The second-order valence-electron chi connectivity index (χ2n) is 7.17. The summed E-state index contributed by atoms with van der Waals surface area (Å²) in [5.74, 6) is 1.59. The number of nitrogens with one attached hydrogen (secondary N) is 1. The van der Waals surface area contributed by atoms with Crippen LogP contribution in [0.5, 0.6) is 17.2 Å². The van der Waals surface area contributed by atoms with E-state index in [0.717, 1.165) is 5.39 Å². The van der Waals surface area contributed by atoms with E-state index in [1.807, 2.05) is 54.6 Å². The zero-order chi connectivity index (χ0) is 23.0. The van der Waals surface area contributed by atoms with Gasteiger partial charge in [-0.2, -0.15) is 0 Å². The molecule has 3 aromatic carbocycles. The van der Waals surface area contributed by atoms with Gasteiger partial charge in [-0.05, 0) is 30.3 Å². The number of amides is 1. The molecule has 4 aromatic rings. The molecule has 0 saturated heterocycles. The van der Waals surface area contributed by atoms with Gasteiger partial charge in [0.05, 0.1) is 13.7 Å². The molecule has 4 rings (SSSR count). The van der Waals surface area contributed by atoms with Crippen LogP contribution < -0.4 is 19.5 Å². The lowest BCUT2D eigenvalue weighted by atomic mass is 10.1. The molecule has 0 saturated carbocycles. The maximum Gasteiger partial charge on any atom is 0.291 e. The average Bonchev–Trinajstić information content (AvgIpc) is 3.22. The number of hydrogen-bond acceptors (Lipinski definition) is 6. The third-order valence-electron chi connectivity index (χ3n) is 5.00. The van der Waals surface area contributed by atoms with Crippen molar-refractivity contribution in [3.05, 3.63) is 84.1 Å². The summed E-state index contributed by atoms with van der Waals surface area (Å²) in [6, 6.07) is 22.1. The summed E-state index contributed by atoms with van der Waals surface area (Å²) in [5.41, 5.74) is 1.84. The third-order valence-corrected chi connectivity index (χ3v) is 5.00. The first-order valence-electron chi connectivity index (χ1n) is 10.5. The number of rotatable bonds is 10. The second kappa shape index (κ2) is 10.6. The van der Waals surface area contributed by atoms with E-state index in [9.17, 15) is 4.79 Å². The summed E-state index contributed by atoms with van der Waals surface area (Å²) in [6.07, 6.45) is 0. The lowest BCUT2D eigenvalue weighted by Crippen LogP contribution is -2.14. The molecule has 0 bridgehead atoms. The van der Waals surface area contributed by atoms with Gasteiger partial charge in [-0.15, -0.1) is 0 Å². The van der Waals surface area contributed by atoms with Gasteiger partial charge in [0.15, 0.2) is 17.3 Å². The maximum absolute atomic E-state index is 13.2. The van der Waals surface area contributed by atoms with Crippen LogP contribution in [0.25, 0.3) is 11.0 Å². The molecule has 0 fully saturated rings. The van der Waals surface area contributed by atoms with Crippen LogP contribution >= 0.6 is 0 Å². The first-order chi connectivity index (χ1) is 16.2. The Morgan fingerprint density at radius 3 is 2.45 bits per heavy atom. The molecule has 0 aliphatic heterocycles. The lowest BCUT2D eigenvalue weighted by Gasteiger charge is -2.13. The van der Waals surface area contributed by atoms with Gasteiger partial charge in [0.25, 0.3) is 5.91 Å². The van der Waals surface area contributed by atoms with Gasteiger partial charge in [-0.1, -0.05) is 36.4 Å². The van der Waals surface area contributed by atoms with Gasteiger partial charge in [-0.3, -0.25) is 4.79 Å². The number of para-hydroxylation sites is 2. The summed E-state index contributed by atoms with van der Waals surface area (Å²) in [7, 11) is 3.16. The molecule has 1 N–H and O–H groups in total. The minimum Gasteiger partial charge on any atom is -0.493 e. The fourth-order valence-electron chi connectivity index (χ4n) is 3.39. The Morgan fingerprint density at radius 1 is 0.879 bits per heavy atom. The zero-order valence-corrected chi connectivity index (χ0v) is 18.5. The Hall–Kier alpha value is -3.97. The summed E-state index contributed by atoms with van der Waals surface area (Å²) < 4.78 is 27.9. The summed E-state index contributed by atoms with van der Waals surface area (Å²) >= 11 is 0. The van der Waals surface area contributed by atoms with Crippen molar-refractivity contribution in [1.82, 2.24) is 0 Å². The normalized spacial score (nSPS) is 10.7. The Bertz CT molecular complexity index is 1220. The molecule has 0 radical (unpaired) electrons. The molecular weight excluding hydrogens is 422 g/mol. The topological polar surface area (TPSA) is 79.2 Å². The molecule has 1 aromatic heterocycles. The molecule has 7 nitrogen and oxygen atoms in total. The molecule has 170 valence electrons. The molecule has 0 atom stereocenters. The van der Waals surface area contributed by atoms with Crippen LogP contribution in [-0.4, -0.2) is 33.3 Å².